The minimum Gasteiger partial charge on any atom is -0.371 e. The maximum atomic E-state index is 6.48. The lowest BCUT2D eigenvalue weighted by Gasteiger charge is -2.27. The van der Waals surface area contributed by atoms with Crippen LogP contribution in [0.25, 0.3) is 0 Å². The van der Waals surface area contributed by atoms with Crippen molar-refractivity contribution in [3.8, 4) is 0 Å². The van der Waals surface area contributed by atoms with E-state index in [1.165, 1.54) is 29.2 Å². The molecule has 2 atom stereocenters. The van der Waals surface area contributed by atoms with Crippen LogP contribution in [0.2, 0.25) is 5.02 Å². The highest BCUT2D eigenvalue weighted by atomic mass is 35.5. The highest BCUT2D eigenvalue weighted by molar-refractivity contribution is 7.99. The summed E-state index contributed by atoms with van der Waals surface area (Å²) in [5, 5.41) is 4.36. The monoisotopic (exact) mass is 312 g/mol. The number of rotatable bonds is 6. The molecule has 1 aliphatic rings. The number of nitrogens with one attached hydrogen (secondary N) is 1. The van der Waals surface area contributed by atoms with Gasteiger partial charge in [0, 0.05) is 35.6 Å². The highest BCUT2D eigenvalue weighted by Gasteiger charge is 2.21. The standard InChI is InChI=1S/C16H25ClN2S/c1-4-8-18-12(2)15-6-5-13(10-16(15)17)19(3)14-7-9-20-11-14/h5-6,10,12,14,18H,4,7-9,11H2,1-3H3. The first kappa shape index (κ1) is 16.0. The number of anilines is 1. The molecule has 1 heterocycles. The first-order chi connectivity index (χ1) is 9.63. The molecule has 2 unspecified atom stereocenters. The second kappa shape index (κ2) is 7.58. The second-order valence-corrected chi connectivity index (χ2v) is 7.07. The number of benzene rings is 1. The molecular weight excluding hydrogens is 288 g/mol. The van der Waals surface area contributed by atoms with Crippen LogP contribution in [0.4, 0.5) is 5.69 Å². The van der Waals surface area contributed by atoms with Crippen LogP contribution in [0.5, 0.6) is 0 Å². The van der Waals surface area contributed by atoms with Gasteiger partial charge in [0.1, 0.15) is 0 Å². The third-order valence-electron chi connectivity index (χ3n) is 4.01. The van der Waals surface area contributed by atoms with Gasteiger partial charge in [0.25, 0.3) is 0 Å². The predicted octanol–water partition coefficient (Wildman–Crippen LogP) is 4.34. The largest absolute Gasteiger partial charge is 0.371 e. The molecular formula is C16H25ClN2S. The fraction of sp³-hybridized carbons (Fsp3) is 0.625. The fourth-order valence-corrected chi connectivity index (χ4v) is 4.20. The Kier molecular flexibility index (Phi) is 6.06. The van der Waals surface area contributed by atoms with Crippen LogP contribution in [0.3, 0.4) is 0 Å². The van der Waals surface area contributed by atoms with Gasteiger partial charge in [-0.3, -0.25) is 0 Å². The Morgan fingerprint density at radius 2 is 2.30 bits per heavy atom. The minimum atomic E-state index is 0.309. The molecule has 4 heteroatoms. The van der Waals surface area contributed by atoms with Gasteiger partial charge in [-0.2, -0.15) is 11.8 Å². The van der Waals surface area contributed by atoms with Crippen LogP contribution < -0.4 is 10.2 Å². The van der Waals surface area contributed by atoms with Crippen LogP contribution in [0.15, 0.2) is 18.2 Å². The minimum absolute atomic E-state index is 0.309. The van der Waals surface area contributed by atoms with E-state index in [0.29, 0.717) is 12.1 Å². The molecule has 0 aliphatic carbocycles. The van der Waals surface area contributed by atoms with Crippen molar-refractivity contribution >= 4 is 29.1 Å². The van der Waals surface area contributed by atoms with E-state index in [1.54, 1.807) is 0 Å². The molecule has 1 N–H and O–H groups in total. The summed E-state index contributed by atoms with van der Waals surface area (Å²) < 4.78 is 0. The second-order valence-electron chi connectivity index (χ2n) is 5.51. The molecule has 0 saturated carbocycles. The Morgan fingerprint density at radius 3 is 2.90 bits per heavy atom. The van der Waals surface area contributed by atoms with E-state index in [0.717, 1.165) is 18.0 Å². The molecule has 112 valence electrons. The van der Waals surface area contributed by atoms with E-state index in [-0.39, 0.29) is 0 Å². The lowest BCUT2D eigenvalue weighted by molar-refractivity contribution is 0.571. The van der Waals surface area contributed by atoms with Crippen molar-refractivity contribution in [2.75, 3.05) is 30.0 Å². The Balaban J connectivity index is 2.08. The SMILES string of the molecule is CCCNC(C)c1ccc(N(C)C2CCSC2)cc1Cl. The average molecular weight is 313 g/mol. The van der Waals surface area contributed by atoms with Crippen molar-refractivity contribution in [3.05, 3.63) is 28.8 Å². The zero-order valence-corrected chi connectivity index (χ0v) is 14.2. The molecule has 0 aromatic heterocycles. The van der Waals surface area contributed by atoms with Gasteiger partial charge in [-0.15, -0.1) is 0 Å². The summed E-state index contributed by atoms with van der Waals surface area (Å²) in [5.74, 6) is 2.50. The number of hydrogen-bond acceptors (Lipinski definition) is 3. The van der Waals surface area contributed by atoms with Crippen molar-refractivity contribution in [2.24, 2.45) is 0 Å². The first-order valence-corrected chi connectivity index (χ1v) is 9.00. The third-order valence-corrected chi connectivity index (χ3v) is 5.48. The lowest BCUT2D eigenvalue weighted by atomic mass is 10.1. The maximum absolute atomic E-state index is 6.48. The third kappa shape index (κ3) is 3.84. The van der Waals surface area contributed by atoms with Gasteiger partial charge < -0.3 is 10.2 Å². The highest BCUT2D eigenvalue weighted by Crippen LogP contribution is 2.31. The number of hydrogen-bond donors (Lipinski definition) is 1. The lowest BCUT2D eigenvalue weighted by Crippen LogP contribution is -2.31. The predicted molar refractivity (Wildman–Crippen MR) is 92.3 cm³/mol. The van der Waals surface area contributed by atoms with Crippen molar-refractivity contribution < 1.29 is 0 Å². The van der Waals surface area contributed by atoms with Gasteiger partial charge >= 0.3 is 0 Å². The van der Waals surface area contributed by atoms with Gasteiger partial charge in [0.15, 0.2) is 0 Å². The quantitative estimate of drug-likeness (QED) is 0.841. The Labute approximate surface area is 132 Å². The van der Waals surface area contributed by atoms with E-state index < -0.39 is 0 Å². The van der Waals surface area contributed by atoms with Crippen molar-refractivity contribution in [1.82, 2.24) is 5.32 Å². The van der Waals surface area contributed by atoms with E-state index >= 15 is 0 Å². The molecule has 1 fully saturated rings. The normalized spacial score (nSPS) is 20.1. The maximum Gasteiger partial charge on any atom is 0.0474 e. The molecule has 2 rings (SSSR count). The summed E-state index contributed by atoms with van der Waals surface area (Å²) in [6, 6.07) is 7.45. The van der Waals surface area contributed by atoms with Crippen LogP contribution in [0.1, 0.15) is 38.3 Å². The zero-order valence-electron chi connectivity index (χ0n) is 12.7. The molecule has 20 heavy (non-hydrogen) atoms. The molecule has 1 aromatic carbocycles. The van der Waals surface area contributed by atoms with Crippen LogP contribution in [-0.2, 0) is 0 Å². The Morgan fingerprint density at radius 1 is 1.50 bits per heavy atom. The van der Waals surface area contributed by atoms with Crippen molar-refractivity contribution in [1.29, 1.82) is 0 Å². The molecule has 1 aromatic rings. The first-order valence-electron chi connectivity index (χ1n) is 7.47. The molecule has 0 amide bonds. The summed E-state index contributed by atoms with van der Waals surface area (Å²) in [4.78, 5) is 2.37. The van der Waals surface area contributed by atoms with Gasteiger partial charge in [-0.1, -0.05) is 24.6 Å². The smallest absolute Gasteiger partial charge is 0.0474 e. The molecule has 2 nitrogen and oxygen atoms in total. The number of nitrogens with zero attached hydrogens (tertiary/aromatic N) is 1. The van der Waals surface area contributed by atoms with Crippen molar-refractivity contribution in [2.45, 2.75) is 38.8 Å². The summed E-state index contributed by atoms with van der Waals surface area (Å²) in [6.45, 7) is 5.38. The van der Waals surface area contributed by atoms with Gasteiger partial charge in [0.05, 0.1) is 0 Å². The van der Waals surface area contributed by atoms with Crippen molar-refractivity contribution in [3.63, 3.8) is 0 Å². The summed E-state index contributed by atoms with van der Waals surface area (Å²) in [6.07, 6.45) is 2.41. The van der Waals surface area contributed by atoms with Crippen LogP contribution in [-0.4, -0.2) is 31.1 Å². The van der Waals surface area contributed by atoms with Crippen LogP contribution >= 0.6 is 23.4 Å². The van der Waals surface area contributed by atoms with Crippen LogP contribution in [0, 0.1) is 0 Å². The molecule has 0 bridgehead atoms. The van der Waals surface area contributed by atoms with Gasteiger partial charge in [0.2, 0.25) is 0 Å². The number of thioether (sulfide) groups is 1. The summed E-state index contributed by atoms with van der Waals surface area (Å²) >= 11 is 8.52. The summed E-state index contributed by atoms with van der Waals surface area (Å²) in [7, 11) is 2.18. The van der Waals surface area contributed by atoms with E-state index in [2.05, 4.69) is 49.3 Å². The van der Waals surface area contributed by atoms with E-state index in [4.69, 9.17) is 11.6 Å². The van der Waals surface area contributed by atoms with Gasteiger partial charge in [-0.25, -0.2) is 0 Å². The molecule has 0 radical (unpaired) electrons. The molecule has 1 saturated heterocycles. The Hall–Kier alpha value is -0.380. The fourth-order valence-electron chi connectivity index (χ4n) is 2.60. The van der Waals surface area contributed by atoms with Gasteiger partial charge in [-0.05, 0) is 49.8 Å². The number of halogens is 1. The zero-order chi connectivity index (χ0) is 14.5. The summed E-state index contributed by atoms with van der Waals surface area (Å²) in [5.41, 5.74) is 2.42. The van der Waals surface area contributed by atoms with E-state index in [9.17, 15) is 0 Å². The molecule has 0 spiro atoms. The van der Waals surface area contributed by atoms with E-state index in [1.807, 2.05) is 11.8 Å². The Bertz CT molecular complexity index is 432. The molecule has 1 aliphatic heterocycles. The topological polar surface area (TPSA) is 15.3 Å². The average Bonchev–Trinajstić information content (AvgIpc) is 2.98.